The minimum Gasteiger partial charge on any atom is -0.504 e. The first kappa shape index (κ1) is 20.8. The fourth-order valence-corrected chi connectivity index (χ4v) is 1.31. The number of phenols is 1. The fraction of sp³-hybridized carbons (Fsp3) is 0.588. The summed E-state index contributed by atoms with van der Waals surface area (Å²) in [6.45, 7) is 10.7. The third-order valence-corrected chi connectivity index (χ3v) is 2.30. The van der Waals surface area contributed by atoms with Gasteiger partial charge in [-0.3, -0.25) is 0 Å². The van der Waals surface area contributed by atoms with Crippen molar-refractivity contribution in [3.63, 3.8) is 0 Å². The number of aromatic hydroxyl groups is 1. The molecule has 0 saturated carbocycles. The van der Waals surface area contributed by atoms with Crippen LogP contribution < -0.4 is 4.74 Å². The van der Waals surface area contributed by atoms with Crippen LogP contribution in [-0.4, -0.2) is 18.0 Å². The predicted octanol–water partition coefficient (Wildman–Crippen LogP) is 4.83. The van der Waals surface area contributed by atoms with Gasteiger partial charge in [0.05, 0.1) is 6.61 Å². The van der Waals surface area contributed by atoms with E-state index in [1.165, 1.54) is 0 Å². The molecule has 0 aromatic heterocycles. The molecule has 0 aliphatic rings. The van der Waals surface area contributed by atoms with Gasteiger partial charge >= 0.3 is 0 Å². The van der Waals surface area contributed by atoms with E-state index in [4.69, 9.17) is 4.74 Å². The normalized spacial score (nSPS) is 10.2. The lowest BCUT2D eigenvalue weighted by molar-refractivity contribution is -0.110. The molecule has 0 bridgehead atoms. The molecule has 0 heterocycles. The molecule has 1 atom stereocenters. The van der Waals surface area contributed by atoms with Gasteiger partial charge in [0.2, 0.25) is 0 Å². The van der Waals surface area contributed by atoms with E-state index in [2.05, 4.69) is 6.92 Å². The molecular formula is C17H30O3. The number of hydrogen-bond acceptors (Lipinski definition) is 3. The van der Waals surface area contributed by atoms with Crippen molar-refractivity contribution in [3.05, 3.63) is 24.3 Å². The van der Waals surface area contributed by atoms with Crippen molar-refractivity contribution in [2.24, 2.45) is 5.92 Å². The highest BCUT2D eigenvalue weighted by atomic mass is 16.5. The first-order chi connectivity index (χ1) is 9.65. The summed E-state index contributed by atoms with van der Waals surface area (Å²) in [7, 11) is 0. The van der Waals surface area contributed by atoms with Gasteiger partial charge in [-0.2, -0.15) is 0 Å². The molecule has 1 aromatic rings. The second-order valence-corrected chi connectivity index (χ2v) is 4.22. The molecule has 0 amide bonds. The SMILES string of the molecule is CC.CCCC(C)C=O.CCCOc1ccccc1O. The number of hydrogen-bond donors (Lipinski definition) is 1. The molecule has 3 nitrogen and oxygen atoms in total. The van der Waals surface area contributed by atoms with Gasteiger partial charge < -0.3 is 14.6 Å². The summed E-state index contributed by atoms with van der Waals surface area (Å²) < 4.78 is 5.24. The van der Waals surface area contributed by atoms with Crippen molar-refractivity contribution in [1.82, 2.24) is 0 Å². The Balaban J connectivity index is 0. The van der Waals surface area contributed by atoms with E-state index in [-0.39, 0.29) is 11.7 Å². The largest absolute Gasteiger partial charge is 0.504 e. The molecule has 1 aromatic carbocycles. The van der Waals surface area contributed by atoms with E-state index < -0.39 is 0 Å². The van der Waals surface area contributed by atoms with Crippen LogP contribution in [0.5, 0.6) is 11.5 Å². The lowest BCUT2D eigenvalue weighted by Crippen LogP contribution is -1.94. The Bertz CT molecular complexity index is 324. The van der Waals surface area contributed by atoms with Crippen molar-refractivity contribution in [2.45, 2.75) is 53.9 Å². The summed E-state index contributed by atoms with van der Waals surface area (Å²) in [6.07, 6.45) is 4.10. The Labute approximate surface area is 124 Å². The average Bonchev–Trinajstić information content (AvgIpc) is 2.49. The zero-order valence-corrected chi connectivity index (χ0v) is 13.6. The Hall–Kier alpha value is -1.51. The zero-order valence-electron chi connectivity index (χ0n) is 13.6. The van der Waals surface area contributed by atoms with Crippen LogP contribution in [0, 0.1) is 5.92 Å². The number of rotatable bonds is 6. The number of para-hydroxylation sites is 2. The Morgan fingerprint density at radius 1 is 1.20 bits per heavy atom. The Morgan fingerprint density at radius 3 is 2.20 bits per heavy atom. The monoisotopic (exact) mass is 282 g/mol. The highest BCUT2D eigenvalue weighted by Gasteiger charge is 1.97. The third-order valence-electron chi connectivity index (χ3n) is 2.30. The van der Waals surface area contributed by atoms with Gasteiger partial charge in [-0.25, -0.2) is 0 Å². The fourth-order valence-electron chi connectivity index (χ4n) is 1.31. The van der Waals surface area contributed by atoms with Gasteiger partial charge in [-0.05, 0) is 25.0 Å². The summed E-state index contributed by atoms with van der Waals surface area (Å²) in [5, 5.41) is 9.21. The van der Waals surface area contributed by atoms with Crippen LogP contribution in [0.2, 0.25) is 0 Å². The van der Waals surface area contributed by atoms with Crippen molar-refractivity contribution in [1.29, 1.82) is 0 Å². The van der Waals surface area contributed by atoms with E-state index in [0.717, 1.165) is 25.5 Å². The minimum atomic E-state index is 0.209. The van der Waals surface area contributed by atoms with E-state index in [9.17, 15) is 9.90 Å². The topological polar surface area (TPSA) is 46.5 Å². The second kappa shape index (κ2) is 15.5. The summed E-state index contributed by atoms with van der Waals surface area (Å²) in [5.74, 6) is 1.04. The van der Waals surface area contributed by atoms with Crippen LogP contribution in [0.1, 0.15) is 53.9 Å². The van der Waals surface area contributed by atoms with Gasteiger partial charge in [0.25, 0.3) is 0 Å². The number of benzene rings is 1. The van der Waals surface area contributed by atoms with Crippen molar-refractivity contribution >= 4 is 6.29 Å². The molecule has 0 aliphatic carbocycles. The molecular weight excluding hydrogens is 252 g/mol. The molecule has 0 radical (unpaired) electrons. The standard InChI is InChI=1S/C9H12O2.C6H12O.C2H6/c1-2-7-11-9-6-4-3-5-8(9)10;1-3-4-6(2)5-7;1-2/h3-6,10H,2,7H2,1H3;5-6H,3-4H2,1-2H3;1-2H3. The molecule has 1 unspecified atom stereocenters. The van der Waals surface area contributed by atoms with Crippen LogP contribution in [0.4, 0.5) is 0 Å². The summed E-state index contributed by atoms with van der Waals surface area (Å²) >= 11 is 0. The molecule has 0 spiro atoms. The number of ether oxygens (including phenoxy) is 1. The van der Waals surface area contributed by atoms with Crippen molar-refractivity contribution < 1.29 is 14.6 Å². The molecule has 116 valence electrons. The molecule has 0 aliphatic heterocycles. The summed E-state index contributed by atoms with van der Waals surface area (Å²) in [6, 6.07) is 6.98. The maximum absolute atomic E-state index is 9.89. The number of aldehydes is 1. The molecule has 1 N–H and O–H groups in total. The van der Waals surface area contributed by atoms with Crippen molar-refractivity contribution in [3.8, 4) is 11.5 Å². The van der Waals surface area contributed by atoms with Crippen LogP contribution in [0.15, 0.2) is 24.3 Å². The van der Waals surface area contributed by atoms with E-state index in [1.54, 1.807) is 18.2 Å². The van der Waals surface area contributed by atoms with Crippen LogP contribution in [0.25, 0.3) is 0 Å². The van der Waals surface area contributed by atoms with Crippen LogP contribution in [0.3, 0.4) is 0 Å². The number of carbonyl (C=O) groups excluding carboxylic acids is 1. The quantitative estimate of drug-likeness (QED) is 0.760. The highest BCUT2D eigenvalue weighted by molar-refractivity contribution is 5.52. The molecule has 20 heavy (non-hydrogen) atoms. The summed E-state index contributed by atoms with van der Waals surface area (Å²) in [4.78, 5) is 9.89. The lowest BCUT2D eigenvalue weighted by atomic mass is 10.1. The van der Waals surface area contributed by atoms with E-state index in [1.807, 2.05) is 33.8 Å². The van der Waals surface area contributed by atoms with Crippen LogP contribution in [-0.2, 0) is 4.79 Å². The smallest absolute Gasteiger partial charge is 0.160 e. The Kier molecular flexibility index (Phi) is 16.2. The Morgan fingerprint density at radius 2 is 1.80 bits per heavy atom. The molecule has 1 rings (SSSR count). The highest BCUT2D eigenvalue weighted by Crippen LogP contribution is 2.24. The number of carbonyl (C=O) groups is 1. The van der Waals surface area contributed by atoms with Gasteiger partial charge in [0.15, 0.2) is 11.5 Å². The molecule has 0 fully saturated rings. The molecule has 0 saturated heterocycles. The average molecular weight is 282 g/mol. The van der Waals surface area contributed by atoms with Gasteiger partial charge in [0, 0.05) is 5.92 Å². The second-order valence-electron chi connectivity index (χ2n) is 4.22. The maximum Gasteiger partial charge on any atom is 0.160 e. The lowest BCUT2D eigenvalue weighted by Gasteiger charge is -2.04. The predicted molar refractivity (Wildman–Crippen MR) is 85.4 cm³/mol. The van der Waals surface area contributed by atoms with Gasteiger partial charge in [-0.1, -0.05) is 53.2 Å². The number of phenolic OH excluding ortho intramolecular Hbond substituents is 1. The summed E-state index contributed by atoms with van der Waals surface area (Å²) in [5.41, 5.74) is 0. The zero-order chi connectivity index (χ0) is 15.8. The third kappa shape index (κ3) is 11.6. The van der Waals surface area contributed by atoms with E-state index >= 15 is 0 Å². The minimum absolute atomic E-state index is 0.209. The first-order valence-electron chi connectivity index (χ1n) is 7.51. The van der Waals surface area contributed by atoms with Gasteiger partial charge in [-0.15, -0.1) is 0 Å². The van der Waals surface area contributed by atoms with Crippen molar-refractivity contribution in [2.75, 3.05) is 6.61 Å². The van der Waals surface area contributed by atoms with Crippen LogP contribution >= 0.6 is 0 Å². The molecule has 3 heteroatoms. The van der Waals surface area contributed by atoms with E-state index in [0.29, 0.717) is 12.4 Å². The maximum atomic E-state index is 9.89. The first-order valence-corrected chi connectivity index (χ1v) is 7.51. The van der Waals surface area contributed by atoms with Gasteiger partial charge in [0.1, 0.15) is 6.29 Å².